The molecule has 1 atom stereocenters. The van der Waals surface area contributed by atoms with Gasteiger partial charge in [0.1, 0.15) is 0 Å². The molecule has 1 N–H and O–H groups in total. The van der Waals surface area contributed by atoms with E-state index >= 15 is 0 Å². The van der Waals surface area contributed by atoms with E-state index in [-0.39, 0.29) is 17.4 Å². The number of nitrogens with one attached hydrogen (secondary N) is 1. The number of carbonyl (C=O) groups is 2. The van der Waals surface area contributed by atoms with E-state index in [4.69, 9.17) is 0 Å². The zero-order chi connectivity index (χ0) is 22.9. The minimum Gasteiger partial charge on any atom is -0.357 e. The lowest BCUT2D eigenvalue weighted by atomic mass is 9.85. The predicted octanol–water partition coefficient (Wildman–Crippen LogP) is 5.42. The summed E-state index contributed by atoms with van der Waals surface area (Å²) in [4.78, 5) is 39.9. The quantitative estimate of drug-likeness (QED) is 0.435. The molecule has 164 valence electrons. The summed E-state index contributed by atoms with van der Waals surface area (Å²) in [6.45, 7) is 0. The number of allylic oxidation sites excluding steroid dienone is 1. The molecule has 1 heterocycles. The molecule has 0 saturated carbocycles. The second-order valence-electron chi connectivity index (χ2n) is 8.11. The number of hydrogen-bond acceptors (Lipinski definition) is 5. The van der Waals surface area contributed by atoms with Crippen LogP contribution < -0.4 is 10.2 Å². The molecule has 0 spiro atoms. The van der Waals surface area contributed by atoms with Gasteiger partial charge in [-0.15, -0.1) is 0 Å². The lowest BCUT2D eigenvalue weighted by Crippen LogP contribution is -2.38. The van der Waals surface area contributed by atoms with Gasteiger partial charge >= 0.3 is 0 Å². The topological polar surface area (TPSA) is 92.5 Å². The number of fused-ring (bicyclic) bond motifs is 1. The molecule has 0 aromatic heterocycles. The standard InChI is InChI=1S/C26H21N3O4/c30-23-15-7-13-21-24(23)25(18-10-6-11-19(16-18)29(32)33)28(22-14-5-4-12-20(22)27-21)26(31)17-8-2-1-3-9-17/h1-6,8-12,14,16,25,27H,7,13,15H2/t25-/m0/s1. The fourth-order valence-electron chi connectivity index (χ4n) is 4.60. The first-order chi connectivity index (χ1) is 16.0. The van der Waals surface area contributed by atoms with E-state index in [1.807, 2.05) is 30.3 Å². The van der Waals surface area contributed by atoms with Gasteiger partial charge in [0.15, 0.2) is 5.78 Å². The lowest BCUT2D eigenvalue weighted by Gasteiger charge is -2.34. The van der Waals surface area contributed by atoms with E-state index in [2.05, 4.69) is 5.32 Å². The zero-order valence-electron chi connectivity index (χ0n) is 17.7. The molecule has 3 aromatic rings. The summed E-state index contributed by atoms with van der Waals surface area (Å²) in [7, 11) is 0. The smallest absolute Gasteiger partial charge is 0.269 e. The molecule has 0 saturated heterocycles. The normalized spacial score (nSPS) is 17.5. The Balaban J connectivity index is 1.80. The molecule has 33 heavy (non-hydrogen) atoms. The number of benzene rings is 3. The van der Waals surface area contributed by atoms with E-state index < -0.39 is 11.0 Å². The van der Waals surface area contributed by atoms with Crippen LogP contribution >= 0.6 is 0 Å². The molecule has 3 aromatic carbocycles. The number of amides is 1. The van der Waals surface area contributed by atoms with Crippen molar-refractivity contribution in [3.05, 3.63) is 111 Å². The number of nitro groups is 1. The second kappa shape index (κ2) is 8.35. The van der Waals surface area contributed by atoms with Gasteiger partial charge in [-0.3, -0.25) is 24.6 Å². The Morgan fingerprint density at radius 2 is 1.73 bits per heavy atom. The van der Waals surface area contributed by atoms with Crippen molar-refractivity contribution in [3.8, 4) is 0 Å². The first-order valence-electron chi connectivity index (χ1n) is 10.8. The highest BCUT2D eigenvalue weighted by molar-refractivity contribution is 6.11. The van der Waals surface area contributed by atoms with Gasteiger partial charge in [0.2, 0.25) is 0 Å². The molecule has 7 nitrogen and oxygen atoms in total. The Morgan fingerprint density at radius 3 is 2.52 bits per heavy atom. The third kappa shape index (κ3) is 3.67. The summed E-state index contributed by atoms with van der Waals surface area (Å²) < 4.78 is 0. The largest absolute Gasteiger partial charge is 0.357 e. The van der Waals surface area contributed by atoms with Crippen molar-refractivity contribution in [1.29, 1.82) is 0 Å². The number of hydrogen-bond donors (Lipinski definition) is 1. The minimum atomic E-state index is -0.795. The molecule has 0 radical (unpaired) electrons. The number of non-ortho nitro benzene ring substituents is 1. The van der Waals surface area contributed by atoms with E-state index in [1.165, 1.54) is 12.1 Å². The Bertz CT molecular complexity index is 1300. The number of nitro benzene ring substituents is 1. The number of para-hydroxylation sites is 2. The Labute approximate surface area is 190 Å². The number of Topliss-reactive ketones (excluding diaryl/α,β-unsaturated/α-hetero) is 1. The SMILES string of the molecule is O=C1CCCC2=C1[C@H](c1cccc([N+](=O)[O-])c1)N(C(=O)c1ccccc1)c1ccccc1N2. The molecule has 1 amide bonds. The maximum atomic E-state index is 13.9. The van der Waals surface area contributed by atoms with Crippen LogP contribution in [0.1, 0.15) is 41.2 Å². The van der Waals surface area contributed by atoms with Crippen LogP contribution in [0.2, 0.25) is 0 Å². The number of ketones is 1. The molecular formula is C26H21N3O4. The van der Waals surface area contributed by atoms with Crippen molar-refractivity contribution < 1.29 is 14.5 Å². The van der Waals surface area contributed by atoms with Crippen molar-refractivity contribution in [1.82, 2.24) is 0 Å². The van der Waals surface area contributed by atoms with Gasteiger partial charge in [-0.1, -0.05) is 42.5 Å². The molecule has 5 rings (SSSR count). The van der Waals surface area contributed by atoms with Gasteiger partial charge < -0.3 is 5.32 Å². The van der Waals surface area contributed by atoms with E-state index in [0.29, 0.717) is 41.6 Å². The highest BCUT2D eigenvalue weighted by Crippen LogP contribution is 2.45. The predicted molar refractivity (Wildman–Crippen MR) is 125 cm³/mol. The number of nitrogens with zero attached hydrogens (tertiary/aromatic N) is 2. The first kappa shape index (κ1) is 20.6. The maximum Gasteiger partial charge on any atom is 0.269 e. The second-order valence-corrected chi connectivity index (χ2v) is 8.11. The van der Waals surface area contributed by atoms with Crippen LogP contribution in [0.3, 0.4) is 0 Å². The van der Waals surface area contributed by atoms with Gasteiger partial charge in [-0.05, 0) is 42.7 Å². The van der Waals surface area contributed by atoms with E-state index in [9.17, 15) is 19.7 Å². The Kier molecular flexibility index (Phi) is 5.22. The van der Waals surface area contributed by atoms with Crippen molar-refractivity contribution in [2.24, 2.45) is 0 Å². The number of carbonyl (C=O) groups excluding carboxylic acids is 2. The van der Waals surface area contributed by atoms with Crippen molar-refractivity contribution in [2.75, 3.05) is 10.2 Å². The molecule has 0 fully saturated rings. The van der Waals surface area contributed by atoms with Gasteiger partial charge in [-0.25, -0.2) is 0 Å². The first-order valence-corrected chi connectivity index (χ1v) is 10.8. The number of anilines is 2. The van der Waals surface area contributed by atoms with Crippen LogP contribution in [0.25, 0.3) is 0 Å². The van der Waals surface area contributed by atoms with Crippen molar-refractivity contribution in [3.63, 3.8) is 0 Å². The van der Waals surface area contributed by atoms with Crippen LogP contribution in [-0.4, -0.2) is 16.6 Å². The van der Waals surface area contributed by atoms with Crippen molar-refractivity contribution in [2.45, 2.75) is 25.3 Å². The highest BCUT2D eigenvalue weighted by atomic mass is 16.6. The molecule has 0 bridgehead atoms. The monoisotopic (exact) mass is 439 g/mol. The molecule has 1 aliphatic carbocycles. The lowest BCUT2D eigenvalue weighted by molar-refractivity contribution is -0.384. The molecule has 0 unspecified atom stereocenters. The summed E-state index contributed by atoms with van der Waals surface area (Å²) in [5.41, 5.74) is 3.49. The Hall–Kier alpha value is -4.26. The van der Waals surface area contributed by atoms with E-state index in [1.54, 1.807) is 41.3 Å². The van der Waals surface area contributed by atoms with E-state index in [0.717, 1.165) is 11.4 Å². The van der Waals surface area contributed by atoms with Gasteiger partial charge in [0.05, 0.1) is 22.3 Å². The fourth-order valence-corrected chi connectivity index (χ4v) is 4.60. The van der Waals surface area contributed by atoms with Gasteiger partial charge in [-0.2, -0.15) is 0 Å². The van der Waals surface area contributed by atoms with Crippen LogP contribution in [0.4, 0.5) is 17.1 Å². The minimum absolute atomic E-state index is 0.0566. The summed E-state index contributed by atoms with van der Waals surface area (Å²) in [6, 6.07) is 21.7. The van der Waals surface area contributed by atoms with Crippen LogP contribution in [0.15, 0.2) is 90.1 Å². The van der Waals surface area contributed by atoms with Crippen LogP contribution in [0.5, 0.6) is 0 Å². The molecule has 2 aliphatic rings. The third-order valence-corrected chi connectivity index (χ3v) is 6.07. The summed E-state index contributed by atoms with van der Waals surface area (Å²) in [5.74, 6) is -0.340. The third-order valence-electron chi connectivity index (χ3n) is 6.07. The van der Waals surface area contributed by atoms with Crippen LogP contribution in [0, 0.1) is 10.1 Å². The summed E-state index contributed by atoms with van der Waals surface area (Å²) in [6.07, 6.45) is 1.74. The van der Waals surface area contributed by atoms with Gasteiger partial charge in [0.25, 0.3) is 11.6 Å². The van der Waals surface area contributed by atoms with Crippen LogP contribution in [-0.2, 0) is 4.79 Å². The highest BCUT2D eigenvalue weighted by Gasteiger charge is 2.40. The molecule has 7 heteroatoms. The maximum absolute atomic E-state index is 13.9. The zero-order valence-corrected chi connectivity index (χ0v) is 17.7. The summed E-state index contributed by atoms with van der Waals surface area (Å²) in [5, 5.41) is 14.9. The van der Waals surface area contributed by atoms with Gasteiger partial charge in [0, 0.05) is 35.4 Å². The Morgan fingerprint density at radius 1 is 0.970 bits per heavy atom. The summed E-state index contributed by atoms with van der Waals surface area (Å²) >= 11 is 0. The molecular weight excluding hydrogens is 418 g/mol. The van der Waals surface area contributed by atoms with Crippen molar-refractivity contribution >= 4 is 28.8 Å². The molecule has 1 aliphatic heterocycles. The average molecular weight is 439 g/mol. The fraction of sp³-hybridized carbons (Fsp3) is 0.154. The number of rotatable bonds is 3. The average Bonchev–Trinajstić information content (AvgIpc) is 2.99.